The van der Waals surface area contributed by atoms with Gasteiger partial charge in [-0.2, -0.15) is 0 Å². The number of nitrogens with zero attached hydrogens (tertiary/aromatic N) is 1. The zero-order chi connectivity index (χ0) is 41.5. The van der Waals surface area contributed by atoms with Crippen molar-refractivity contribution in [1.82, 2.24) is 4.57 Å². The Morgan fingerprint density at radius 1 is 0.516 bits per heavy atom. The number of nitrogens with one attached hydrogen (secondary N) is 1. The molecule has 11 aromatic rings. The summed E-state index contributed by atoms with van der Waals surface area (Å²) in [6.45, 7) is 6.78. The molecule has 9 aromatic carbocycles. The van der Waals surface area contributed by atoms with Crippen molar-refractivity contribution in [2.75, 3.05) is 5.32 Å². The van der Waals surface area contributed by atoms with Crippen LogP contribution in [0.3, 0.4) is 0 Å². The van der Waals surface area contributed by atoms with E-state index >= 15 is 0 Å². The lowest BCUT2D eigenvalue weighted by Gasteiger charge is -2.25. The van der Waals surface area contributed by atoms with Gasteiger partial charge >= 0.3 is 0 Å². The van der Waals surface area contributed by atoms with Gasteiger partial charge in [-0.3, -0.25) is 0 Å². The topological polar surface area (TPSA) is 30.1 Å². The molecule has 0 fully saturated rings. The fraction of sp³-hybridized carbons (Fsp3) is 0.0690. The van der Waals surface area contributed by atoms with E-state index < -0.39 is 0 Å². The fourth-order valence-electron chi connectivity index (χ4n) is 9.79. The summed E-state index contributed by atoms with van der Waals surface area (Å²) in [4.78, 5) is 0. The van der Waals surface area contributed by atoms with Crippen molar-refractivity contribution >= 4 is 73.1 Å². The Morgan fingerprint density at radius 3 is 1.92 bits per heavy atom. The highest BCUT2D eigenvalue weighted by atomic mass is 16.3. The van der Waals surface area contributed by atoms with Gasteiger partial charge in [0.05, 0.1) is 5.52 Å². The average molecular weight is 794 g/mol. The van der Waals surface area contributed by atoms with Crippen molar-refractivity contribution in [2.45, 2.75) is 26.2 Å². The van der Waals surface area contributed by atoms with E-state index in [4.69, 9.17) is 4.42 Å². The maximum atomic E-state index is 6.97. The molecular formula is C58H42BN2O. The van der Waals surface area contributed by atoms with Crippen molar-refractivity contribution in [2.24, 2.45) is 0 Å². The van der Waals surface area contributed by atoms with E-state index in [1.54, 1.807) is 0 Å². The zero-order valence-corrected chi connectivity index (χ0v) is 34.9. The molecule has 0 aliphatic carbocycles. The highest BCUT2D eigenvalue weighted by molar-refractivity contribution is 6.74. The molecule has 0 spiro atoms. The lowest BCUT2D eigenvalue weighted by atomic mass is 9.58. The van der Waals surface area contributed by atoms with Crippen molar-refractivity contribution in [3.05, 3.63) is 200 Å². The first-order valence-electron chi connectivity index (χ1n) is 21.5. The number of furan rings is 1. The number of rotatable bonds is 6. The summed E-state index contributed by atoms with van der Waals surface area (Å²) >= 11 is 0. The van der Waals surface area contributed by atoms with Crippen molar-refractivity contribution in [1.29, 1.82) is 0 Å². The Balaban J connectivity index is 1.19. The second kappa shape index (κ2) is 14.0. The van der Waals surface area contributed by atoms with Gasteiger partial charge < -0.3 is 14.3 Å². The summed E-state index contributed by atoms with van der Waals surface area (Å²) in [7, 11) is 2.41. The van der Waals surface area contributed by atoms with Crippen LogP contribution in [-0.2, 0) is 5.41 Å². The third-order valence-corrected chi connectivity index (χ3v) is 12.8. The van der Waals surface area contributed by atoms with Gasteiger partial charge in [-0.1, -0.05) is 184 Å². The minimum absolute atomic E-state index is 0.0751. The van der Waals surface area contributed by atoms with Gasteiger partial charge in [0.1, 0.15) is 11.3 Å². The molecule has 4 heteroatoms. The molecule has 12 rings (SSSR count). The highest BCUT2D eigenvalue weighted by Crippen LogP contribution is 2.47. The van der Waals surface area contributed by atoms with Crippen LogP contribution in [0.15, 0.2) is 199 Å². The van der Waals surface area contributed by atoms with Crippen molar-refractivity contribution < 1.29 is 4.42 Å². The van der Waals surface area contributed by atoms with Gasteiger partial charge in [-0.15, -0.1) is 0 Å². The summed E-state index contributed by atoms with van der Waals surface area (Å²) < 4.78 is 9.54. The van der Waals surface area contributed by atoms with Crippen LogP contribution in [0.1, 0.15) is 26.3 Å². The minimum Gasteiger partial charge on any atom is -0.455 e. The van der Waals surface area contributed by atoms with Gasteiger partial charge in [-0.05, 0) is 80.5 Å². The maximum Gasteiger partial charge on any atom is 0.198 e. The van der Waals surface area contributed by atoms with E-state index in [0.717, 1.165) is 61.5 Å². The van der Waals surface area contributed by atoms with Crippen LogP contribution < -0.4 is 16.2 Å². The Kier molecular flexibility index (Phi) is 8.20. The smallest absolute Gasteiger partial charge is 0.198 e. The predicted octanol–water partition coefficient (Wildman–Crippen LogP) is 14.4. The van der Waals surface area contributed by atoms with E-state index in [9.17, 15) is 0 Å². The largest absolute Gasteiger partial charge is 0.455 e. The molecule has 3 nitrogen and oxygen atoms in total. The number of hydrogen-bond donors (Lipinski definition) is 1. The molecule has 293 valence electrons. The van der Waals surface area contributed by atoms with E-state index in [1.807, 2.05) is 0 Å². The Morgan fingerprint density at radius 2 is 1.18 bits per heavy atom. The molecule has 0 saturated heterocycles. The highest BCUT2D eigenvalue weighted by Gasteiger charge is 2.31. The molecule has 1 N–H and O–H groups in total. The van der Waals surface area contributed by atoms with E-state index in [0.29, 0.717) is 0 Å². The normalized spacial score (nSPS) is 12.2. The lowest BCUT2D eigenvalue weighted by Crippen LogP contribution is -2.37. The third kappa shape index (κ3) is 5.74. The van der Waals surface area contributed by atoms with Crippen molar-refractivity contribution in [3.8, 4) is 50.4 Å². The number of fused-ring (bicyclic) bond motifs is 8. The van der Waals surface area contributed by atoms with Crippen LogP contribution in [0.2, 0.25) is 0 Å². The molecule has 1 radical (unpaired) electrons. The second-order valence-corrected chi connectivity index (χ2v) is 17.6. The number of hydrogen-bond acceptors (Lipinski definition) is 2. The Labute approximate surface area is 362 Å². The summed E-state index contributed by atoms with van der Waals surface area (Å²) in [5.74, 6) is 0.877. The monoisotopic (exact) mass is 793 g/mol. The zero-order valence-electron chi connectivity index (χ0n) is 34.9. The molecule has 0 atom stereocenters. The molecule has 3 heterocycles. The quantitative estimate of drug-likeness (QED) is 0.170. The molecule has 62 heavy (non-hydrogen) atoms. The van der Waals surface area contributed by atoms with Gasteiger partial charge in [0, 0.05) is 60.8 Å². The van der Waals surface area contributed by atoms with E-state index in [-0.39, 0.29) is 5.41 Å². The summed E-state index contributed by atoms with van der Waals surface area (Å²) in [5.41, 5.74) is 18.2. The third-order valence-electron chi connectivity index (χ3n) is 12.8. The van der Waals surface area contributed by atoms with Gasteiger partial charge in [0.15, 0.2) is 7.28 Å². The van der Waals surface area contributed by atoms with Crippen LogP contribution in [0.5, 0.6) is 0 Å². The van der Waals surface area contributed by atoms with Crippen molar-refractivity contribution in [3.63, 3.8) is 0 Å². The van der Waals surface area contributed by atoms with Gasteiger partial charge in [-0.25, -0.2) is 0 Å². The molecule has 0 unspecified atom stereocenters. The molecular weight excluding hydrogens is 751 g/mol. The van der Waals surface area contributed by atoms with Gasteiger partial charge in [0.25, 0.3) is 0 Å². The SMILES string of the molecule is CC(C)(C)c1ccc(Nc2ccccc2-c2cc(-c3ccccc3)c3c4ccc5ccccc5c4n4c3c2[B]c2cc3oc(-c5ccccc5)c(-c5ccccc5)c3cc2-4)cc1. The predicted molar refractivity (Wildman–Crippen MR) is 263 cm³/mol. The summed E-state index contributed by atoms with van der Waals surface area (Å²) in [5, 5.41) is 9.85. The standard InChI is InChI=1S/C58H42BN2O/c1-58(2,3)40-28-30-41(31-29-40)60-49-26-16-15-25-43(49)46-33-45(36-17-7-4-8-18-36)53-44-32-27-37-19-13-14-24-42(37)55(44)61-50-34-47-51(35-48(50)59-54(46)56(53)61)62-57(39-22-11-6-12-23-39)52(47)38-20-9-5-10-21-38/h4-35,60H,1-3H3. The molecule has 2 aromatic heterocycles. The van der Waals surface area contributed by atoms with Crippen LogP contribution in [0.25, 0.3) is 93.9 Å². The first kappa shape index (κ1) is 36.3. The molecule has 0 bridgehead atoms. The lowest BCUT2D eigenvalue weighted by molar-refractivity contribution is 0.590. The van der Waals surface area contributed by atoms with Crippen LogP contribution in [0, 0.1) is 0 Å². The fourth-order valence-corrected chi connectivity index (χ4v) is 9.79. The first-order valence-corrected chi connectivity index (χ1v) is 21.5. The molecule has 0 amide bonds. The van der Waals surface area contributed by atoms with Gasteiger partial charge in [0.2, 0.25) is 0 Å². The number of para-hydroxylation sites is 1. The summed E-state index contributed by atoms with van der Waals surface area (Å²) in [6.07, 6.45) is 0. The maximum absolute atomic E-state index is 6.97. The van der Waals surface area contributed by atoms with E-state index in [2.05, 4.69) is 232 Å². The number of aromatic nitrogens is 1. The van der Waals surface area contributed by atoms with Crippen LogP contribution >= 0.6 is 0 Å². The molecule has 1 aliphatic heterocycles. The Hall–Kier alpha value is -7.56. The first-order chi connectivity index (χ1) is 30.4. The number of anilines is 2. The molecule has 0 saturated carbocycles. The Bertz CT molecular complexity index is 3520. The van der Waals surface area contributed by atoms with Crippen LogP contribution in [0.4, 0.5) is 11.4 Å². The number of benzene rings is 9. The molecule has 1 aliphatic rings. The van der Waals surface area contributed by atoms with E-state index in [1.165, 1.54) is 60.3 Å². The average Bonchev–Trinajstić information content (AvgIpc) is 3.87. The minimum atomic E-state index is 0.0751. The van der Waals surface area contributed by atoms with Crippen LogP contribution in [-0.4, -0.2) is 11.8 Å². The summed E-state index contributed by atoms with van der Waals surface area (Å²) in [6, 6.07) is 70.3. The second-order valence-electron chi connectivity index (χ2n) is 17.6.